The summed E-state index contributed by atoms with van der Waals surface area (Å²) in [7, 11) is 2.93. The lowest BCUT2D eigenvalue weighted by atomic mass is 10.1. The van der Waals surface area contributed by atoms with E-state index in [4.69, 9.17) is 18.9 Å². The number of hydrogen-bond acceptors (Lipinski definition) is 9. The predicted molar refractivity (Wildman–Crippen MR) is 156 cm³/mol. The number of rotatable bonds is 10. The minimum Gasteiger partial charge on any atom is -0.493 e. The van der Waals surface area contributed by atoms with Crippen molar-refractivity contribution in [3.63, 3.8) is 0 Å². The van der Waals surface area contributed by atoms with E-state index in [1.807, 2.05) is 0 Å². The average Bonchev–Trinajstić information content (AvgIpc) is 3.56. The summed E-state index contributed by atoms with van der Waals surface area (Å²) >= 11 is 0. The van der Waals surface area contributed by atoms with Gasteiger partial charge in [-0.25, -0.2) is 9.59 Å². The summed E-state index contributed by atoms with van der Waals surface area (Å²) in [4.78, 5) is 52.8. The van der Waals surface area contributed by atoms with Crippen LogP contribution < -0.4 is 24.3 Å². The molecule has 0 aliphatic carbocycles. The van der Waals surface area contributed by atoms with Gasteiger partial charge in [-0.2, -0.15) is 0 Å². The summed E-state index contributed by atoms with van der Waals surface area (Å²) < 4.78 is 21.7. The maximum atomic E-state index is 12.4. The molecule has 42 heavy (non-hydrogen) atoms. The first kappa shape index (κ1) is 30.3. The Hall–Kier alpha value is -4.64. The molecule has 2 fully saturated rings. The van der Waals surface area contributed by atoms with E-state index < -0.39 is 12.2 Å². The van der Waals surface area contributed by atoms with E-state index in [1.165, 1.54) is 26.4 Å². The number of carbonyl (C=O) groups excluding carboxylic acids is 4. The van der Waals surface area contributed by atoms with Gasteiger partial charge in [0.25, 0.3) is 0 Å². The summed E-state index contributed by atoms with van der Waals surface area (Å²) in [6.07, 6.45) is 6.51. The van der Waals surface area contributed by atoms with E-state index >= 15 is 0 Å². The zero-order valence-corrected chi connectivity index (χ0v) is 23.8. The summed E-state index contributed by atoms with van der Waals surface area (Å²) in [5.41, 5.74) is 1.29. The molecule has 4 rings (SSSR count). The van der Waals surface area contributed by atoms with Gasteiger partial charge in [0.15, 0.2) is 34.6 Å². The molecule has 0 radical (unpaired) electrons. The maximum absolute atomic E-state index is 12.4. The molecule has 2 aliphatic heterocycles. The Morgan fingerprint density at radius 3 is 1.60 bits per heavy atom. The number of carbonyl (C=O) groups is 4. The van der Waals surface area contributed by atoms with Crippen LogP contribution in [0.25, 0.3) is 12.2 Å². The average molecular weight is 578 g/mol. The van der Waals surface area contributed by atoms with Gasteiger partial charge in [0.2, 0.25) is 0 Å². The Balaban J connectivity index is 1.30. The van der Waals surface area contributed by atoms with E-state index in [-0.39, 0.29) is 23.7 Å². The molecule has 0 saturated carbocycles. The second-order valence-electron chi connectivity index (χ2n) is 9.76. The van der Waals surface area contributed by atoms with Crippen LogP contribution in [0, 0.1) is 0 Å². The molecule has 0 atom stereocenters. The minimum atomic E-state index is -0.449. The fraction of sp³-hybridized carbons (Fsp3) is 0.355. The largest absolute Gasteiger partial charge is 0.493 e. The van der Waals surface area contributed by atoms with Gasteiger partial charge < -0.3 is 34.1 Å². The molecule has 0 unspecified atom stereocenters. The van der Waals surface area contributed by atoms with E-state index in [0.29, 0.717) is 67.6 Å². The van der Waals surface area contributed by atoms with Gasteiger partial charge in [-0.15, -0.1) is 0 Å². The van der Waals surface area contributed by atoms with Crippen LogP contribution >= 0.6 is 0 Å². The molecular weight excluding hydrogens is 542 g/mol. The van der Waals surface area contributed by atoms with Crippen molar-refractivity contribution >= 4 is 35.9 Å². The number of nitrogens with one attached hydrogen (secondary N) is 1. The highest BCUT2D eigenvalue weighted by molar-refractivity contribution is 6.10. The number of methoxy groups -OCH3 is 2. The number of hydrogen-bond donors (Lipinski definition) is 1. The standard InChI is InChI=1S/C31H35N3O8/c1-39-28-19-22(7-11-26(28)41-30(37)33-15-3-4-16-33)5-9-24(35)21-25(36)10-6-23-8-12-27(29(20-23)40-2)42-31(38)34-17-13-32-14-18-34/h5-12,19-20,32H,3-4,13-18,21H2,1-2H3/b9-5+,10-6+. The lowest BCUT2D eigenvalue weighted by Crippen LogP contribution is -2.47. The van der Waals surface area contributed by atoms with Gasteiger partial charge in [0.05, 0.1) is 20.6 Å². The third-order valence-electron chi connectivity index (χ3n) is 6.78. The highest BCUT2D eigenvalue weighted by Crippen LogP contribution is 2.30. The van der Waals surface area contributed by atoms with Crippen LogP contribution in [0.5, 0.6) is 23.0 Å². The third-order valence-corrected chi connectivity index (χ3v) is 6.78. The van der Waals surface area contributed by atoms with Crippen molar-refractivity contribution in [1.29, 1.82) is 0 Å². The highest BCUT2D eigenvalue weighted by atomic mass is 16.6. The summed E-state index contributed by atoms with van der Waals surface area (Å²) in [6.45, 7) is 3.90. The van der Waals surface area contributed by atoms with Gasteiger partial charge in [-0.3, -0.25) is 9.59 Å². The third kappa shape index (κ3) is 8.43. The zero-order chi connectivity index (χ0) is 29.9. The predicted octanol–water partition coefficient (Wildman–Crippen LogP) is 3.96. The lowest BCUT2D eigenvalue weighted by molar-refractivity contribution is -0.121. The molecule has 2 heterocycles. The van der Waals surface area contributed by atoms with Gasteiger partial charge in [-0.05, 0) is 60.4 Å². The molecule has 2 aromatic rings. The fourth-order valence-electron chi connectivity index (χ4n) is 4.48. The van der Waals surface area contributed by atoms with Crippen LogP contribution in [0.2, 0.25) is 0 Å². The van der Waals surface area contributed by atoms with Crippen LogP contribution in [0.15, 0.2) is 48.6 Å². The summed E-state index contributed by atoms with van der Waals surface area (Å²) in [5.74, 6) is 0.524. The topological polar surface area (TPSA) is 124 Å². The summed E-state index contributed by atoms with van der Waals surface area (Å²) in [5, 5.41) is 3.18. The number of ether oxygens (including phenoxy) is 4. The summed E-state index contributed by atoms with van der Waals surface area (Å²) in [6, 6.07) is 9.88. The van der Waals surface area contributed by atoms with Crippen molar-refractivity contribution in [2.45, 2.75) is 19.3 Å². The molecule has 2 aliphatic rings. The van der Waals surface area contributed by atoms with E-state index in [9.17, 15) is 19.2 Å². The van der Waals surface area contributed by atoms with Crippen LogP contribution in [-0.2, 0) is 9.59 Å². The van der Waals surface area contributed by atoms with Gasteiger partial charge in [-0.1, -0.05) is 24.3 Å². The molecule has 2 saturated heterocycles. The number of allylic oxidation sites excluding steroid dienone is 2. The normalized spacial score (nSPS) is 15.2. The van der Waals surface area contributed by atoms with Crippen molar-refractivity contribution < 1.29 is 38.1 Å². The molecular formula is C31H35N3O8. The molecule has 0 bridgehead atoms. The maximum Gasteiger partial charge on any atom is 0.415 e. The quantitative estimate of drug-likeness (QED) is 0.330. The molecule has 0 aromatic heterocycles. The number of nitrogens with zero attached hydrogens (tertiary/aromatic N) is 2. The Morgan fingerprint density at radius 2 is 1.14 bits per heavy atom. The Bertz CT molecular complexity index is 1360. The van der Waals surface area contributed by atoms with Crippen molar-refractivity contribution in [2.24, 2.45) is 0 Å². The second kappa shape index (κ2) is 14.8. The highest BCUT2D eigenvalue weighted by Gasteiger charge is 2.22. The van der Waals surface area contributed by atoms with Crippen molar-refractivity contribution in [2.75, 3.05) is 53.5 Å². The molecule has 1 N–H and O–H groups in total. The van der Waals surface area contributed by atoms with Crippen LogP contribution in [-0.4, -0.2) is 87.0 Å². The monoisotopic (exact) mass is 577 g/mol. The number of ketones is 2. The molecule has 2 aromatic carbocycles. The minimum absolute atomic E-state index is 0.277. The Kier molecular flexibility index (Phi) is 10.7. The van der Waals surface area contributed by atoms with Crippen molar-refractivity contribution in [3.8, 4) is 23.0 Å². The first-order valence-corrected chi connectivity index (χ1v) is 13.8. The lowest BCUT2D eigenvalue weighted by Gasteiger charge is -2.26. The van der Waals surface area contributed by atoms with Crippen molar-refractivity contribution in [3.05, 3.63) is 59.7 Å². The number of piperazine rings is 1. The Labute approximate surface area is 244 Å². The van der Waals surface area contributed by atoms with Crippen LogP contribution in [0.4, 0.5) is 9.59 Å². The number of likely N-dealkylation sites (tertiary alicyclic amines) is 1. The molecule has 2 amide bonds. The van der Waals surface area contributed by atoms with Crippen LogP contribution in [0.3, 0.4) is 0 Å². The molecule has 11 nitrogen and oxygen atoms in total. The SMILES string of the molecule is COc1cc(/C=C/C(=O)CC(=O)/C=C/c2ccc(OC(=O)N3CCNCC3)c(OC)c2)ccc1OC(=O)N1CCCC1. The zero-order valence-electron chi connectivity index (χ0n) is 23.8. The number of amides is 2. The van der Waals surface area contributed by atoms with Gasteiger partial charge in [0, 0.05) is 39.3 Å². The van der Waals surface area contributed by atoms with E-state index in [2.05, 4.69) is 5.32 Å². The van der Waals surface area contributed by atoms with E-state index in [0.717, 1.165) is 12.8 Å². The molecule has 0 spiro atoms. The van der Waals surface area contributed by atoms with Gasteiger partial charge >= 0.3 is 12.2 Å². The number of benzene rings is 2. The first-order chi connectivity index (χ1) is 20.4. The van der Waals surface area contributed by atoms with Gasteiger partial charge in [0.1, 0.15) is 0 Å². The molecule has 11 heteroatoms. The Morgan fingerprint density at radius 1 is 0.690 bits per heavy atom. The second-order valence-corrected chi connectivity index (χ2v) is 9.76. The van der Waals surface area contributed by atoms with Crippen LogP contribution in [0.1, 0.15) is 30.4 Å². The van der Waals surface area contributed by atoms with Crippen molar-refractivity contribution in [1.82, 2.24) is 15.1 Å². The fourth-order valence-corrected chi connectivity index (χ4v) is 4.48. The molecule has 222 valence electrons. The smallest absolute Gasteiger partial charge is 0.415 e. The van der Waals surface area contributed by atoms with E-state index in [1.54, 1.807) is 58.4 Å². The first-order valence-electron chi connectivity index (χ1n) is 13.8.